The molecule has 1 aliphatic rings. The normalized spacial score (nSPS) is 15.6. The van der Waals surface area contributed by atoms with Gasteiger partial charge in [0, 0.05) is 13.1 Å². The van der Waals surface area contributed by atoms with Crippen LogP contribution in [0, 0.1) is 0 Å². The third-order valence-corrected chi connectivity index (χ3v) is 2.84. The minimum Gasteiger partial charge on any atom is -0.504 e. The maximum absolute atomic E-state index is 11.7. The average Bonchev–Trinajstić information content (AvgIpc) is 2.20. The summed E-state index contributed by atoms with van der Waals surface area (Å²) in [6.07, 6.45) is 0. The molecule has 1 amide bonds. The zero-order valence-corrected chi connectivity index (χ0v) is 9.08. The second-order valence-electron chi connectivity index (χ2n) is 3.62. The number of phenolic OH excluding ortho intramolecular Hbond substituents is 2. The molecule has 0 aromatic heterocycles. The molecule has 0 bridgehead atoms. The van der Waals surface area contributed by atoms with E-state index in [1.165, 1.54) is 12.1 Å². The highest BCUT2D eigenvalue weighted by molar-refractivity contribution is 6.35. The van der Waals surface area contributed by atoms with E-state index < -0.39 is 5.75 Å². The van der Waals surface area contributed by atoms with Gasteiger partial charge in [0.05, 0.1) is 16.6 Å². The molecule has 1 aromatic carbocycles. The molecule has 0 unspecified atom stereocenters. The Morgan fingerprint density at radius 3 is 2.69 bits per heavy atom. The molecule has 4 N–H and O–H groups in total. The summed E-state index contributed by atoms with van der Waals surface area (Å²) in [5.74, 6) is -1.17. The second-order valence-corrected chi connectivity index (χ2v) is 4.00. The zero-order chi connectivity index (χ0) is 11.7. The third kappa shape index (κ3) is 1.91. The van der Waals surface area contributed by atoms with Crippen LogP contribution in [0.25, 0.3) is 0 Å². The number of aromatic hydroxyl groups is 2. The monoisotopic (exact) mass is 242 g/mol. The summed E-state index contributed by atoms with van der Waals surface area (Å²) in [6.45, 7) is 1.46. The molecule has 6 heteroatoms. The number of carbonyl (C=O) groups excluding carboxylic acids is 1. The minimum atomic E-state index is -0.471. The van der Waals surface area contributed by atoms with Crippen LogP contribution in [0.3, 0.4) is 0 Å². The summed E-state index contributed by atoms with van der Waals surface area (Å²) in [5.41, 5.74) is 0.156. The van der Waals surface area contributed by atoms with Gasteiger partial charge in [0.15, 0.2) is 11.5 Å². The van der Waals surface area contributed by atoms with Gasteiger partial charge in [-0.05, 0) is 12.1 Å². The van der Waals surface area contributed by atoms with Gasteiger partial charge in [-0.15, -0.1) is 0 Å². The predicted molar refractivity (Wildman–Crippen MR) is 58.9 cm³/mol. The van der Waals surface area contributed by atoms with E-state index >= 15 is 0 Å². The summed E-state index contributed by atoms with van der Waals surface area (Å²) < 4.78 is 0. The van der Waals surface area contributed by atoms with Gasteiger partial charge < -0.3 is 20.8 Å². The summed E-state index contributed by atoms with van der Waals surface area (Å²) in [6, 6.07) is 2.70. The molecule has 1 aliphatic heterocycles. The van der Waals surface area contributed by atoms with Gasteiger partial charge in [-0.25, -0.2) is 0 Å². The first kappa shape index (κ1) is 11.0. The fourth-order valence-corrected chi connectivity index (χ4v) is 1.63. The van der Waals surface area contributed by atoms with Crippen LogP contribution in [0.2, 0.25) is 5.02 Å². The topological polar surface area (TPSA) is 81.6 Å². The fourth-order valence-electron chi connectivity index (χ4n) is 1.38. The van der Waals surface area contributed by atoms with E-state index in [0.717, 1.165) is 13.1 Å². The van der Waals surface area contributed by atoms with Crippen molar-refractivity contribution in [2.75, 3.05) is 13.1 Å². The molecule has 1 fully saturated rings. The Balaban J connectivity index is 2.19. The van der Waals surface area contributed by atoms with Crippen molar-refractivity contribution < 1.29 is 15.0 Å². The molecule has 2 rings (SSSR count). The summed E-state index contributed by atoms with van der Waals surface area (Å²) in [4.78, 5) is 11.7. The van der Waals surface area contributed by atoms with Crippen LogP contribution >= 0.6 is 11.6 Å². The number of nitrogens with one attached hydrogen (secondary N) is 2. The smallest absolute Gasteiger partial charge is 0.253 e. The Hall–Kier alpha value is -1.46. The van der Waals surface area contributed by atoms with Crippen molar-refractivity contribution >= 4 is 17.5 Å². The first-order valence-corrected chi connectivity index (χ1v) is 5.19. The highest BCUT2D eigenvalue weighted by Crippen LogP contribution is 2.35. The Morgan fingerprint density at radius 1 is 1.44 bits per heavy atom. The van der Waals surface area contributed by atoms with Crippen LogP contribution in [-0.2, 0) is 0 Å². The number of phenols is 2. The molecule has 1 heterocycles. The van der Waals surface area contributed by atoms with E-state index in [-0.39, 0.29) is 28.3 Å². The van der Waals surface area contributed by atoms with Crippen molar-refractivity contribution in [3.8, 4) is 11.5 Å². The maximum Gasteiger partial charge on any atom is 0.253 e. The number of carbonyl (C=O) groups is 1. The number of halogens is 1. The average molecular weight is 243 g/mol. The number of amides is 1. The lowest BCUT2D eigenvalue weighted by atomic mass is 10.1. The first-order valence-electron chi connectivity index (χ1n) is 4.81. The van der Waals surface area contributed by atoms with Crippen LogP contribution in [-0.4, -0.2) is 35.3 Å². The van der Waals surface area contributed by atoms with Gasteiger partial charge in [0.25, 0.3) is 5.91 Å². The molecule has 0 radical (unpaired) electrons. The molecule has 86 valence electrons. The van der Waals surface area contributed by atoms with Gasteiger partial charge in [-0.1, -0.05) is 11.6 Å². The lowest BCUT2D eigenvalue weighted by Gasteiger charge is -2.28. The molecule has 1 aromatic rings. The SMILES string of the molecule is O=C(NC1CNC1)c1ccc(O)c(O)c1Cl. The highest BCUT2D eigenvalue weighted by atomic mass is 35.5. The van der Waals surface area contributed by atoms with Crippen molar-refractivity contribution in [3.05, 3.63) is 22.7 Å². The number of benzene rings is 1. The Kier molecular flexibility index (Phi) is 2.89. The molecule has 0 saturated carbocycles. The lowest BCUT2D eigenvalue weighted by molar-refractivity contribution is 0.0923. The molecular weight excluding hydrogens is 232 g/mol. The first-order chi connectivity index (χ1) is 7.59. The van der Waals surface area contributed by atoms with Crippen LogP contribution in [0.15, 0.2) is 12.1 Å². The number of hydrogen-bond acceptors (Lipinski definition) is 4. The summed E-state index contributed by atoms with van der Waals surface area (Å²) >= 11 is 5.75. The lowest BCUT2D eigenvalue weighted by Crippen LogP contribution is -2.56. The molecule has 0 aliphatic carbocycles. The van der Waals surface area contributed by atoms with E-state index in [1.54, 1.807) is 0 Å². The van der Waals surface area contributed by atoms with Crippen LogP contribution in [0.5, 0.6) is 11.5 Å². The minimum absolute atomic E-state index is 0.0968. The number of hydrogen-bond donors (Lipinski definition) is 4. The Labute approximate surface area is 97.0 Å². The molecule has 0 spiro atoms. The third-order valence-electron chi connectivity index (χ3n) is 2.46. The van der Waals surface area contributed by atoms with Gasteiger partial charge in [0.2, 0.25) is 0 Å². The van der Waals surface area contributed by atoms with Crippen LogP contribution in [0.4, 0.5) is 0 Å². The van der Waals surface area contributed by atoms with Crippen molar-refractivity contribution in [2.24, 2.45) is 0 Å². The standard InChI is InChI=1S/C10H11ClN2O3/c11-8-6(1-2-7(14)9(8)15)10(16)13-5-3-12-4-5/h1-2,5,12,14-15H,3-4H2,(H,13,16). The quantitative estimate of drug-likeness (QED) is 0.568. The Morgan fingerprint density at radius 2 is 2.12 bits per heavy atom. The molecule has 16 heavy (non-hydrogen) atoms. The fraction of sp³-hybridized carbons (Fsp3) is 0.300. The van der Waals surface area contributed by atoms with Crippen molar-refractivity contribution in [1.29, 1.82) is 0 Å². The van der Waals surface area contributed by atoms with Gasteiger partial charge in [-0.3, -0.25) is 4.79 Å². The van der Waals surface area contributed by atoms with E-state index in [4.69, 9.17) is 16.7 Å². The molecule has 5 nitrogen and oxygen atoms in total. The summed E-state index contributed by atoms with van der Waals surface area (Å²) in [5, 5.41) is 24.2. The van der Waals surface area contributed by atoms with Gasteiger partial charge >= 0.3 is 0 Å². The van der Waals surface area contributed by atoms with E-state index in [1.807, 2.05) is 0 Å². The van der Waals surface area contributed by atoms with E-state index in [2.05, 4.69) is 10.6 Å². The van der Waals surface area contributed by atoms with Crippen molar-refractivity contribution in [3.63, 3.8) is 0 Å². The predicted octanol–water partition coefficient (Wildman–Crippen LogP) is 0.453. The largest absolute Gasteiger partial charge is 0.504 e. The second kappa shape index (κ2) is 4.19. The van der Waals surface area contributed by atoms with Gasteiger partial charge in [-0.2, -0.15) is 0 Å². The maximum atomic E-state index is 11.7. The van der Waals surface area contributed by atoms with Crippen LogP contribution in [0.1, 0.15) is 10.4 Å². The Bertz CT molecular complexity index is 432. The van der Waals surface area contributed by atoms with Gasteiger partial charge in [0.1, 0.15) is 0 Å². The van der Waals surface area contributed by atoms with E-state index in [0.29, 0.717) is 0 Å². The summed E-state index contributed by atoms with van der Waals surface area (Å²) in [7, 11) is 0. The van der Waals surface area contributed by atoms with Crippen LogP contribution < -0.4 is 10.6 Å². The van der Waals surface area contributed by atoms with Crippen molar-refractivity contribution in [2.45, 2.75) is 6.04 Å². The highest BCUT2D eigenvalue weighted by Gasteiger charge is 2.22. The molecular formula is C10H11ClN2O3. The van der Waals surface area contributed by atoms with E-state index in [9.17, 15) is 9.90 Å². The number of rotatable bonds is 2. The zero-order valence-electron chi connectivity index (χ0n) is 8.33. The molecule has 0 atom stereocenters. The van der Waals surface area contributed by atoms with Crippen molar-refractivity contribution in [1.82, 2.24) is 10.6 Å². The molecule has 1 saturated heterocycles.